The fourth-order valence-corrected chi connectivity index (χ4v) is 4.18. The topological polar surface area (TPSA) is 54.8 Å². The molecule has 0 atom stereocenters. The summed E-state index contributed by atoms with van der Waals surface area (Å²) < 4.78 is 7.25. The highest BCUT2D eigenvalue weighted by atomic mass is 16.5. The molecule has 6 heteroatoms. The van der Waals surface area contributed by atoms with Gasteiger partial charge in [-0.3, -0.25) is 9.59 Å². The number of carbonyl (C=O) groups is 1. The lowest BCUT2D eigenvalue weighted by Crippen LogP contribution is -2.37. The van der Waals surface area contributed by atoms with Gasteiger partial charge in [0.15, 0.2) is 0 Å². The molecule has 146 valence electrons. The van der Waals surface area contributed by atoms with E-state index < -0.39 is 0 Å². The number of hydrogen-bond donors (Lipinski definition) is 0. The van der Waals surface area contributed by atoms with Crippen LogP contribution in [0.3, 0.4) is 0 Å². The van der Waals surface area contributed by atoms with Gasteiger partial charge in [-0.05, 0) is 54.7 Å². The number of hydrogen-bond acceptors (Lipinski definition) is 4. The largest absolute Gasteiger partial charge is 0.378 e. The van der Waals surface area contributed by atoms with Crippen LogP contribution >= 0.6 is 0 Å². The summed E-state index contributed by atoms with van der Waals surface area (Å²) in [4.78, 5) is 29.4. The van der Waals surface area contributed by atoms with E-state index >= 15 is 0 Å². The van der Waals surface area contributed by atoms with Crippen molar-refractivity contribution in [3.63, 3.8) is 0 Å². The van der Waals surface area contributed by atoms with Crippen LogP contribution in [0.25, 0.3) is 0 Å². The van der Waals surface area contributed by atoms with Gasteiger partial charge in [0.2, 0.25) is 0 Å². The highest BCUT2D eigenvalue weighted by Crippen LogP contribution is 2.34. The molecule has 2 fully saturated rings. The van der Waals surface area contributed by atoms with Gasteiger partial charge in [0.1, 0.15) is 0 Å². The Morgan fingerprint density at radius 2 is 1.75 bits per heavy atom. The number of carbonyl (C=O) groups excluding carboxylic acids is 1. The summed E-state index contributed by atoms with van der Waals surface area (Å²) in [5.41, 5.74) is 4.15. The van der Waals surface area contributed by atoms with E-state index in [9.17, 15) is 9.59 Å². The number of rotatable bonds is 3. The second-order valence-corrected chi connectivity index (χ2v) is 7.92. The molecule has 3 heterocycles. The fraction of sp³-hybridized carbons (Fsp3) is 0.455. The van der Waals surface area contributed by atoms with Crippen molar-refractivity contribution in [1.29, 1.82) is 0 Å². The van der Waals surface area contributed by atoms with Crippen LogP contribution in [0.15, 0.2) is 41.3 Å². The van der Waals surface area contributed by atoms with E-state index in [-0.39, 0.29) is 11.5 Å². The molecule has 1 aliphatic carbocycles. The lowest BCUT2D eigenvalue weighted by atomic mass is 10.0. The number of anilines is 1. The number of ether oxygens (including phenoxy) is 1. The van der Waals surface area contributed by atoms with E-state index in [1.54, 1.807) is 6.07 Å². The van der Waals surface area contributed by atoms with E-state index in [0.29, 0.717) is 19.1 Å². The summed E-state index contributed by atoms with van der Waals surface area (Å²) >= 11 is 0. The molecule has 28 heavy (non-hydrogen) atoms. The Labute approximate surface area is 164 Å². The van der Waals surface area contributed by atoms with Crippen molar-refractivity contribution in [3.8, 4) is 0 Å². The second kappa shape index (κ2) is 7.09. The fourth-order valence-electron chi connectivity index (χ4n) is 4.18. The van der Waals surface area contributed by atoms with Gasteiger partial charge in [-0.25, -0.2) is 0 Å². The lowest BCUT2D eigenvalue weighted by molar-refractivity contribution is 0.0734. The maximum Gasteiger partial charge on any atom is 0.254 e. The molecule has 1 amide bonds. The Kier molecular flexibility index (Phi) is 4.43. The van der Waals surface area contributed by atoms with Crippen molar-refractivity contribution in [2.24, 2.45) is 0 Å². The third kappa shape index (κ3) is 3.33. The first-order valence-electron chi connectivity index (χ1n) is 10.1. The number of pyridine rings is 1. The molecule has 2 aliphatic heterocycles. The molecule has 5 rings (SSSR count). The molecule has 0 bridgehead atoms. The number of aromatic nitrogens is 1. The minimum atomic E-state index is 0.0587. The van der Waals surface area contributed by atoms with Crippen molar-refractivity contribution < 1.29 is 9.53 Å². The predicted octanol–water partition coefficient (Wildman–Crippen LogP) is 2.22. The zero-order valence-corrected chi connectivity index (χ0v) is 16.0. The summed E-state index contributed by atoms with van der Waals surface area (Å²) in [6, 6.07) is 10.0. The van der Waals surface area contributed by atoms with Crippen molar-refractivity contribution in [1.82, 2.24) is 9.47 Å². The van der Waals surface area contributed by atoms with Gasteiger partial charge in [0.05, 0.1) is 13.2 Å². The van der Waals surface area contributed by atoms with E-state index in [1.165, 1.54) is 0 Å². The zero-order valence-electron chi connectivity index (χ0n) is 16.0. The van der Waals surface area contributed by atoms with Crippen LogP contribution in [-0.4, -0.2) is 48.2 Å². The van der Waals surface area contributed by atoms with Gasteiger partial charge in [-0.1, -0.05) is 0 Å². The van der Waals surface area contributed by atoms with Crippen molar-refractivity contribution in [2.75, 3.05) is 37.7 Å². The molecular formula is C22H25N3O3. The Hall–Kier alpha value is -2.60. The first-order chi connectivity index (χ1) is 13.7. The summed E-state index contributed by atoms with van der Waals surface area (Å²) in [5.74, 6) is 0.0587. The van der Waals surface area contributed by atoms with Crippen LogP contribution < -0.4 is 10.5 Å². The highest BCUT2D eigenvalue weighted by molar-refractivity contribution is 5.94. The van der Waals surface area contributed by atoms with Crippen LogP contribution in [0, 0.1) is 0 Å². The minimum Gasteiger partial charge on any atom is -0.378 e. The molecule has 1 aromatic carbocycles. The Bertz CT molecular complexity index is 940. The molecule has 6 nitrogen and oxygen atoms in total. The smallest absolute Gasteiger partial charge is 0.254 e. The third-order valence-corrected chi connectivity index (χ3v) is 5.99. The number of fused-ring (bicyclic) bond motifs is 1. The number of nitrogens with zero attached hydrogens (tertiary/aromatic N) is 3. The lowest BCUT2D eigenvalue weighted by Gasteiger charge is -2.30. The second-order valence-electron chi connectivity index (χ2n) is 7.92. The molecule has 3 aliphatic rings. The van der Waals surface area contributed by atoms with Crippen LogP contribution in [-0.2, 0) is 17.7 Å². The van der Waals surface area contributed by atoms with Gasteiger partial charge >= 0.3 is 0 Å². The quantitative estimate of drug-likeness (QED) is 0.821. The SMILES string of the molecule is O=C(c1ccc(N2CCOCC2)cc1)N1CCc2cc(=O)n(C3CC3)cc2C1. The van der Waals surface area contributed by atoms with Gasteiger partial charge in [0.25, 0.3) is 11.5 Å². The zero-order chi connectivity index (χ0) is 19.1. The number of morpholine rings is 1. The van der Waals surface area contributed by atoms with E-state index in [4.69, 9.17) is 4.74 Å². The molecule has 0 radical (unpaired) electrons. The van der Waals surface area contributed by atoms with Crippen molar-refractivity contribution in [2.45, 2.75) is 31.8 Å². The first-order valence-corrected chi connectivity index (χ1v) is 10.1. The molecule has 1 aromatic heterocycles. The monoisotopic (exact) mass is 379 g/mol. The normalized spacial score (nSPS) is 19.4. The molecule has 0 unspecified atom stereocenters. The summed E-state index contributed by atoms with van der Waals surface area (Å²) in [7, 11) is 0. The van der Waals surface area contributed by atoms with E-state index in [2.05, 4.69) is 4.90 Å². The van der Waals surface area contributed by atoms with Crippen molar-refractivity contribution in [3.05, 3.63) is 63.6 Å². The average Bonchev–Trinajstić information content (AvgIpc) is 3.58. The molecular weight excluding hydrogens is 354 g/mol. The summed E-state index contributed by atoms with van der Waals surface area (Å²) in [5, 5.41) is 0. The van der Waals surface area contributed by atoms with Gasteiger partial charge in [0, 0.05) is 55.7 Å². The van der Waals surface area contributed by atoms with Crippen LogP contribution in [0.4, 0.5) is 5.69 Å². The van der Waals surface area contributed by atoms with Gasteiger partial charge in [-0.2, -0.15) is 0 Å². The molecule has 0 N–H and O–H groups in total. The third-order valence-electron chi connectivity index (χ3n) is 5.99. The first kappa shape index (κ1) is 17.5. The Balaban J connectivity index is 1.32. The van der Waals surface area contributed by atoms with Crippen molar-refractivity contribution >= 4 is 11.6 Å². The average molecular weight is 379 g/mol. The highest BCUT2D eigenvalue weighted by Gasteiger charge is 2.28. The molecule has 1 saturated carbocycles. The Morgan fingerprint density at radius 1 is 1.00 bits per heavy atom. The number of amides is 1. The Morgan fingerprint density at radius 3 is 2.46 bits per heavy atom. The standard InChI is InChI=1S/C22H25N3O3/c26-21-13-17-7-8-24(14-18(17)15-25(21)20-5-6-20)22(27)16-1-3-19(4-2-16)23-9-11-28-12-10-23/h1-4,13,15,20H,5-12,14H2. The van der Waals surface area contributed by atoms with Gasteiger partial charge in [-0.15, -0.1) is 0 Å². The van der Waals surface area contributed by atoms with Crippen LogP contribution in [0.1, 0.15) is 40.4 Å². The summed E-state index contributed by atoms with van der Waals surface area (Å²) in [6.07, 6.45) is 4.89. The maximum absolute atomic E-state index is 13.0. The minimum absolute atomic E-state index is 0.0587. The van der Waals surface area contributed by atoms with Gasteiger partial charge < -0.3 is 19.1 Å². The molecule has 0 spiro atoms. The molecule has 2 aromatic rings. The van der Waals surface area contributed by atoms with Crippen LogP contribution in [0.5, 0.6) is 0 Å². The maximum atomic E-state index is 13.0. The molecule has 1 saturated heterocycles. The summed E-state index contributed by atoms with van der Waals surface area (Å²) in [6.45, 7) is 4.51. The predicted molar refractivity (Wildman–Crippen MR) is 107 cm³/mol. The number of benzene rings is 1. The van der Waals surface area contributed by atoms with Crippen LogP contribution in [0.2, 0.25) is 0 Å². The van der Waals surface area contributed by atoms with E-state index in [0.717, 1.165) is 67.9 Å². The van der Waals surface area contributed by atoms with E-state index in [1.807, 2.05) is 39.9 Å².